The van der Waals surface area contributed by atoms with E-state index in [4.69, 9.17) is 22.1 Å². The highest BCUT2D eigenvalue weighted by molar-refractivity contribution is 6.33. The number of ether oxygens (including phenoxy) is 1. The van der Waals surface area contributed by atoms with E-state index in [2.05, 4.69) is 0 Å². The molecule has 0 heterocycles. The summed E-state index contributed by atoms with van der Waals surface area (Å²) in [6, 6.07) is 13.6. The molecule has 2 aromatic carbocycles. The van der Waals surface area contributed by atoms with Crippen molar-refractivity contribution in [1.82, 2.24) is 0 Å². The van der Waals surface area contributed by atoms with Crippen LogP contribution in [0, 0.1) is 0 Å². The van der Waals surface area contributed by atoms with Gasteiger partial charge in [0.25, 0.3) is 0 Å². The zero-order valence-electron chi connectivity index (χ0n) is 10.5. The zero-order chi connectivity index (χ0) is 13.1. The number of hydrogen-bond donors (Lipinski definition) is 1. The molecule has 2 N–H and O–H groups in total. The van der Waals surface area contributed by atoms with Crippen LogP contribution in [0.3, 0.4) is 0 Å². The fraction of sp³-hybridized carbons (Fsp3) is 0.200. The van der Waals surface area contributed by atoms with Crippen LogP contribution in [-0.2, 0) is 0 Å². The molecule has 2 nitrogen and oxygen atoms in total. The molecule has 18 heavy (non-hydrogen) atoms. The molecule has 0 atom stereocenters. The van der Waals surface area contributed by atoms with E-state index in [1.54, 1.807) is 0 Å². The topological polar surface area (TPSA) is 35.2 Å². The number of benzene rings is 2. The molecule has 0 saturated heterocycles. The number of nitrogens with two attached hydrogens (primary N) is 1. The van der Waals surface area contributed by atoms with Crippen LogP contribution in [0.5, 0.6) is 5.75 Å². The summed E-state index contributed by atoms with van der Waals surface area (Å²) in [4.78, 5) is 0. The highest BCUT2D eigenvalue weighted by atomic mass is 35.5. The molecule has 0 saturated carbocycles. The van der Waals surface area contributed by atoms with Crippen molar-refractivity contribution in [1.29, 1.82) is 0 Å². The SMILES string of the molecule is CC(C)Oc1cccc(-c2ccc(Cl)c(N)c2)c1. The number of hydrogen-bond acceptors (Lipinski definition) is 2. The highest BCUT2D eigenvalue weighted by Crippen LogP contribution is 2.29. The van der Waals surface area contributed by atoms with E-state index in [-0.39, 0.29) is 6.10 Å². The van der Waals surface area contributed by atoms with E-state index in [1.165, 1.54) is 0 Å². The van der Waals surface area contributed by atoms with Crippen LogP contribution in [0.15, 0.2) is 42.5 Å². The Morgan fingerprint density at radius 3 is 2.44 bits per heavy atom. The Kier molecular flexibility index (Phi) is 3.78. The minimum atomic E-state index is 0.163. The van der Waals surface area contributed by atoms with Crippen molar-refractivity contribution in [2.75, 3.05) is 5.73 Å². The van der Waals surface area contributed by atoms with Gasteiger partial charge in [0.15, 0.2) is 0 Å². The van der Waals surface area contributed by atoms with Gasteiger partial charge < -0.3 is 10.5 Å². The maximum absolute atomic E-state index is 5.92. The fourth-order valence-electron chi connectivity index (χ4n) is 1.74. The van der Waals surface area contributed by atoms with Gasteiger partial charge in [0.2, 0.25) is 0 Å². The van der Waals surface area contributed by atoms with Crippen molar-refractivity contribution in [2.45, 2.75) is 20.0 Å². The van der Waals surface area contributed by atoms with E-state index in [0.717, 1.165) is 16.9 Å². The van der Waals surface area contributed by atoms with Gasteiger partial charge in [-0.25, -0.2) is 0 Å². The standard InChI is InChI=1S/C15H16ClNO/c1-10(2)18-13-5-3-4-11(8-13)12-6-7-14(16)15(17)9-12/h3-10H,17H2,1-2H3. The molecule has 0 bridgehead atoms. The van der Waals surface area contributed by atoms with Gasteiger partial charge in [-0.05, 0) is 49.2 Å². The minimum Gasteiger partial charge on any atom is -0.491 e. The van der Waals surface area contributed by atoms with Crippen molar-refractivity contribution in [3.63, 3.8) is 0 Å². The maximum Gasteiger partial charge on any atom is 0.120 e. The summed E-state index contributed by atoms with van der Waals surface area (Å²) in [6.45, 7) is 4.01. The van der Waals surface area contributed by atoms with Crippen LogP contribution in [0.2, 0.25) is 5.02 Å². The summed E-state index contributed by atoms with van der Waals surface area (Å²) in [5.74, 6) is 0.857. The van der Waals surface area contributed by atoms with Crippen LogP contribution in [0.1, 0.15) is 13.8 Å². The second-order valence-corrected chi connectivity index (χ2v) is 4.84. The summed E-state index contributed by atoms with van der Waals surface area (Å²) >= 11 is 5.92. The van der Waals surface area contributed by atoms with Gasteiger partial charge in [0, 0.05) is 0 Å². The molecule has 0 aliphatic heterocycles. The van der Waals surface area contributed by atoms with Crippen molar-refractivity contribution in [2.24, 2.45) is 0 Å². The molecular formula is C15H16ClNO. The first-order chi connectivity index (χ1) is 8.56. The Balaban J connectivity index is 2.35. The first-order valence-corrected chi connectivity index (χ1v) is 6.26. The van der Waals surface area contributed by atoms with E-state index in [1.807, 2.05) is 56.3 Å². The largest absolute Gasteiger partial charge is 0.491 e. The summed E-state index contributed by atoms with van der Waals surface area (Å²) in [5, 5.41) is 0.577. The maximum atomic E-state index is 5.92. The average molecular weight is 262 g/mol. The van der Waals surface area contributed by atoms with Gasteiger partial charge >= 0.3 is 0 Å². The first-order valence-electron chi connectivity index (χ1n) is 5.88. The molecule has 2 aromatic rings. The minimum absolute atomic E-state index is 0.163. The molecular weight excluding hydrogens is 246 g/mol. The third-order valence-electron chi connectivity index (χ3n) is 2.54. The van der Waals surface area contributed by atoms with E-state index >= 15 is 0 Å². The number of anilines is 1. The van der Waals surface area contributed by atoms with E-state index in [9.17, 15) is 0 Å². The molecule has 0 radical (unpaired) electrons. The molecule has 0 spiro atoms. The Morgan fingerprint density at radius 1 is 1.06 bits per heavy atom. The Morgan fingerprint density at radius 2 is 1.78 bits per heavy atom. The summed E-state index contributed by atoms with van der Waals surface area (Å²) < 4.78 is 5.67. The lowest BCUT2D eigenvalue weighted by Gasteiger charge is -2.11. The molecule has 0 amide bonds. The number of halogens is 1. The quantitative estimate of drug-likeness (QED) is 0.833. The molecule has 3 heteroatoms. The second kappa shape index (κ2) is 5.32. The Bertz CT molecular complexity index is 552. The lowest BCUT2D eigenvalue weighted by atomic mass is 10.0. The van der Waals surface area contributed by atoms with Crippen LogP contribution in [0.4, 0.5) is 5.69 Å². The predicted molar refractivity (Wildman–Crippen MR) is 77.1 cm³/mol. The number of nitrogen functional groups attached to an aromatic ring is 1. The van der Waals surface area contributed by atoms with Crippen molar-refractivity contribution >= 4 is 17.3 Å². The lowest BCUT2D eigenvalue weighted by molar-refractivity contribution is 0.242. The first kappa shape index (κ1) is 12.8. The van der Waals surface area contributed by atoms with Crippen molar-refractivity contribution in [3.05, 3.63) is 47.5 Å². The smallest absolute Gasteiger partial charge is 0.120 e. The summed E-state index contributed by atoms with van der Waals surface area (Å²) in [7, 11) is 0. The summed E-state index contributed by atoms with van der Waals surface area (Å²) in [6.07, 6.45) is 0.163. The van der Waals surface area contributed by atoms with E-state index in [0.29, 0.717) is 10.7 Å². The summed E-state index contributed by atoms with van der Waals surface area (Å²) in [5.41, 5.74) is 8.50. The highest BCUT2D eigenvalue weighted by Gasteiger charge is 2.04. The normalized spacial score (nSPS) is 10.7. The lowest BCUT2D eigenvalue weighted by Crippen LogP contribution is -2.05. The van der Waals surface area contributed by atoms with Crippen LogP contribution in [-0.4, -0.2) is 6.10 Å². The number of rotatable bonds is 3. The van der Waals surface area contributed by atoms with E-state index < -0.39 is 0 Å². The van der Waals surface area contributed by atoms with Crippen LogP contribution >= 0.6 is 11.6 Å². The molecule has 0 fully saturated rings. The van der Waals surface area contributed by atoms with Crippen molar-refractivity contribution < 1.29 is 4.74 Å². The molecule has 0 aromatic heterocycles. The molecule has 0 aliphatic rings. The van der Waals surface area contributed by atoms with Crippen molar-refractivity contribution in [3.8, 4) is 16.9 Å². The molecule has 0 aliphatic carbocycles. The monoisotopic (exact) mass is 261 g/mol. The second-order valence-electron chi connectivity index (χ2n) is 4.43. The molecule has 2 rings (SSSR count). The predicted octanol–water partition coefficient (Wildman–Crippen LogP) is 4.38. The molecule has 94 valence electrons. The van der Waals surface area contributed by atoms with Gasteiger partial charge in [-0.3, -0.25) is 0 Å². The third kappa shape index (κ3) is 2.96. The fourth-order valence-corrected chi connectivity index (χ4v) is 1.86. The van der Waals surface area contributed by atoms with Crippen LogP contribution < -0.4 is 10.5 Å². The third-order valence-corrected chi connectivity index (χ3v) is 2.88. The van der Waals surface area contributed by atoms with Gasteiger partial charge in [-0.15, -0.1) is 0 Å². The van der Waals surface area contributed by atoms with Gasteiger partial charge in [0.1, 0.15) is 5.75 Å². The van der Waals surface area contributed by atoms with Gasteiger partial charge in [-0.1, -0.05) is 29.8 Å². The van der Waals surface area contributed by atoms with Gasteiger partial charge in [-0.2, -0.15) is 0 Å². The molecule has 0 unspecified atom stereocenters. The Hall–Kier alpha value is -1.67. The zero-order valence-corrected chi connectivity index (χ0v) is 11.2. The Labute approximate surface area is 112 Å². The van der Waals surface area contributed by atoms with Crippen LogP contribution in [0.25, 0.3) is 11.1 Å². The van der Waals surface area contributed by atoms with Gasteiger partial charge in [0.05, 0.1) is 16.8 Å². The average Bonchev–Trinajstić information content (AvgIpc) is 2.32.